The van der Waals surface area contributed by atoms with E-state index in [2.05, 4.69) is 5.32 Å². The van der Waals surface area contributed by atoms with Crippen LogP contribution in [0.3, 0.4) is 0 Å². The fraction of sp³-hybridized carbons (Fsp3) is 0.571. The smallest absolute Gasteiger partial charge is 0.250 e. The van der Waals surface area contributed by atoms with Crippen molar-refractivity contribution in [3.8, 4) is 0 Å². The standard InChI is InChI=1S/C21H30N2O7/c1-23(17(15-26)5-3-9-24)21(28)18-6-2-7-20(19(18)16-27)22-8-12-30-14-13-29-11-4-10-25/h7,9-10,15-17,22H,2-6,8,11-14H2,1H3. The molecule has 30 heavy (non-hydrogen) atoms. The van der Waals surface area contributed by atoms with Gasteiger partial charge in [-0.2, -0.15) is 0 Å². The highest BCUT2D eigenvalue weighted by atomic mass is 16.5. The van der Waals surface area contributed by atoms with Crippen LogP contribution < -0.4 is 5.32 Å². The molecule has 1 atom stereocenters. The third kappa shape index (κ3) is 8.38. The van der Waals surface area contributed by atoms with Crippen molar-refractivity contribution in [3.63, 3.8) is 0 Å². The molecule has 0 heterocycles. The Labute approximate surface area is 176 Å². The summed E-state index contributed by atoms with van der Waals surface area (Å²) in [6.07, 6.45) is 6.39. The third-order valence-corrected chi connectivity index (χ3v) is 4.60. The number of allylic oxidation sites excluding steroid dienone is 2. The van der Waals surface area contributed by atoms with Gasteiger partial charge in [-0.3, -0.25) is 9.59 Å². The summed E-state index contributed by atoms with van der Waals surface area (Å²) in [6.45, 7) is 1.96. The summed E-state index contributed by atoms with van der Waals surface area (Å²) in [5, 5.41) is 3.11. The zero-order chi connectivity index (χ0) is 22.2. The molecule has 0 bridgehead atoms. The van der Waals surface area contributed by atoms with Crippen LogP contribution in [0.25, 0.3) is 0 Å². The lowest BCUT2D eigenvalue weighted by Crippen LogP contribution is -2.40. The van der Waals surface area contributed by atoms with Gasteiger partial charge in [-0.15, -0.1) is 0 Å². The molecular weight excluding hydrogens is 392 g/mol. The number of aldehydes is 4. The molecule has 0 aromatic heterocycles. The molecule has 0 saturated heterocycles. The molecular formula is C21H30N2O7. The quantitative estimate of drug-likeness (QED) is 0.264. The Morgan fingerprint density at radius 2 is 1.80 bits per heavy atom. The Morgan fingerprint density at radius 1 is 1.10 bits per heavy atom. The van der Waals surface area contributed by atoms with Crippen LogP contribution in [0.1, 0.15) is 32.1 Å². The summed E-state index contributed by atoms with van der Waals surface area (Å²) in [6, 6.07) is -0.715. The highest BCUT2D eigenvalue weighted by Crippen LogP contribution is 2.24. The minimum Gasteiger partial charge on any atom is -0.382 e. The second-order valence-corrected chi connectivity index (χ2v) is 6.64. The maximum atomic E-state index is 12.8. The van der Waals surface area contributed by atoms with Gasteiger partial charge < -0.3 is 34.1 Å². The molecule has 0 radical (unpaired) electrons. The van der Waals surface area contributed by atoms with Crippen molar-refractivity contribution < 1.29 is 33.4 Å². The van der Waals surface area contributed by atoms with Crippen LogP contribution in [0.2, 0.25) is 0 Å². The summed E-state index contributed by atoms with van der Waals surface area (Å²) < 4.78 is 10.6. The van der Waals surface area contributed by atoms with Crippen LogP contribution >= 0.6 is 0 Å². The normalized spacial score (nSPS) is 14.5. The van der Waals surface area contributed by atoms with E-state index < -0.39 is 11.9 Å². The van der Waals surface area contributed by atoms with Gasteiger partial charge in [0.15, 0.2) is 6.29 Å². The molecule has 9 heteroatoms. The summed E-state index contributed by atoms with van der Waals surface area (Å²) in [5.74, 6) is -0.392. The van der Waals surface area contributed by atoms with Crippen molar-refractivity contribution in [1.82, 2.24) is 10.2 Å². The second-order valence-electron chi connectivity index (χ2n) is 6.64. The lowest BCUT2D eigenvalue weighted by Gasteiger charge is -2.27. The Kier molecular flexibility index (Phi) is 12.9. The Morgan fingerprint density at radius 3 is 2.43 bits per heavy atom. The van der Waals surface area contributed by atoms with E-state index in [1.807, 2.05) is 6.08 Å². The predicted octanol–water partition coefficient (Wildman–Crippen LogP) is 0.376. The van der Waals surface area contributed by atoms with Crippen molar-refractivity contribution in [1.29, 1.82) is 0 Å². The Bertz CT molecular complexity index is 658. The summed E-state index contributed by atoms with van der Waals surface area (Å²) in [7, 11) is 1.50. The summed E-state index contributed by atoms with van der Waals surface area (Å²) in [4.78, 5) is 57.8. The van der Waals surface area contributed by atoms with Gasteiger partial charge in [-0.25, -0.2) is 0 Å². The fourth-order valence-electron chi connectivity index (χ4n) is 2.96. The van der Waals surface area contributed by atoms with Gasteiger partial charge in [-0.05, 0) is 19.3 Å². The summed E-state index contributed by atoms with van der Waals surface area (Å²) in [5.41, 5.74) is 1.18. The van der Waals surface area contributed by atoms with Gasteiger partial charge in [-0.1, -0.05) is 6.08 Å². The van der Waals surface area contributed by atoms with Gasteiger partial charge >= 0.3 is 0 Å². The number of carbonyl (C=O) groups is 5. The molecule has 1 amide bonds. The number of ether oxygens (including phenoxy) is 2. The molecule has 166 valence electrons. The van der Waals surface area contributed by atoms with Gasteiger partial charge in [0.25, 0.3) is 5.91 Å². The first-order valence-corrected chi connectivity index (χ1v) is 9.98. The molecule has 1 N–H and O–H groups in total. The van der Waals surface area contributed by atoms with Crippen LogP contribution in [0.5, 0.6) is 0 Å². The largest absolute Gasteiger partial charge is 0.382 e. The van der Waals surface area contributed by atoms with E-state index in [1.165, 1.54) is 11.9 Å². The van der Waals surface area contributed by atoms with Crippen LogP contribution in [0, 0.1) is 0 Å². The highest BCUT2D eigenvalue weighted by Gasteiger charge is 2.27. The van der Waals surface area contributed by atoms with E-state index >= 15 is 0 Å². The first-order valence-electron chi connectivity index (χ1n) is 9.98. The molecule has 1 rings (SSSR count). The average molecular weight is 422 g/mol. The lowest BCUT2D eigenvalue weighted by atomic mass is 9.94. The van der Waals surface area contributed by atoms with Gasteiger partial charge in [0.2, 0.25) is 0 Å². The minimum absolute atomic E-state index is 0.176. The van der Waals surface area contributed by atoms with E-state index in [0.29, 0.717) is 82.4 Å². The number of hydrogen-bond donors (Lipinski definition) is 1. The van der Waals surface area contributed by atoms with Gasteiger partial charge in [0.05, 0.1) is 32.5 Å². The van der Waals surface area contributed by atoms with E-state index in [4.69, 9.17) is 9.47 Å². The Balaban J connectivity index is 2.60. The number of hydrogen-bond acceptors (Lipinski definition) is 8. The molecule has 0 aromatic carbocycles. The van der Waals surface area contributed by atoms with Crippen molar-refractivity contribution in [2.24, 2.45) is 0 Å². The first-order chi connectivity index (χ1) is 14.6. The number of carbonyl (C=O) groups excluding carboxylic acids is 5. The maximum absolute atomic E-state index is 12.8. The molecule has 0 aromatic rings. The van der Waals surface area contributed by atoms with Crippen molar-refractivity contribution in [2.45, 2.75) is 38.1 Å². The first kappa shape index (κ1) is 25.4. The fourth-order valence-corrected chi connectivity index (χ4v) is 2.96. The zero-order valence-electron chi connectivity index (χ0n) is 17.3. The monoisotopic (exact) mass is 422 g/mol. The van der Waals surface area contributed by atoms with Crippen molar-refractivity contribution in [2.75, 3.05) is 40.0 Å². The van der Waals surface area contributed by atoms with E-state index in [0.717, 1.165) is 6.29 Å². The number of amides is 1. The molecule has 0 fully saturated rings. The molecule has 0 saturated carbocycles. The van der Waals surface area contributed by atoms with Crippen LogP contribution in [0.15, 0.2) is 22.9 Å². The SMILES string of the molecule is CN(C(=O)C1=C(C=O)C(NCCOCCOCCC=O)=CCC1)C(C=O)CCC=O. The van der Waals surface area contributed by atoms with Crippen LogP contribution in [-0.2, 0) is 33.4 Å². The minimum atomic E-state index is -0.715. The maximum Gasteiger partial charge on any atom is 0.250 e. The van der Waals surface area contributed by atoms with E-state index in [1.54, 1.807) is 0 Å². The highest BCUT2D eigenvalue weighted by molar-refractivity contribution is 6.02. The zero-order valence-corrected chi connectivity index (χ0v) is 17.3. The number of nitrogens with one attached hydrogen (secondary N) is 1. The topological polar surface area (TPSA) is 119 Å². The van der Waals surface area contributed by atoms with Crippen molar-refractivity contribution in [3.05, 3.63) is 22.9 Å². The van der Waals surface area contributed by atoms with Crippen LogP contribution in [0.4, 0.5) is 0 Å². The average Bonchev–Trinajstić information content (AvgIpc) is 2.77. The van der Waals surface area contributed by atoms with Crippen LogP contribution in [-0.4, -0.2) is 82.0 Å². The molecule has 0 spiro atoms. The number of likely N-dealkylation sites (N-methyl/N-ethyl adjacent to an activating group) is 1. The van der Waals surface area contributed by atoms with E-state index in [9.17, 15) is 24.0 Å². The number of nitrogens with zero attached hydrogens (tertiary/aromatic N) is 1. The van der Waals surface area contributed by atoms with Gasteiger partial charge in [0, 0.05) is 43.3 Å². The van der Waals surface area contributed by atoms with Crippen molar-refractivity contribution >= 4 is 31.1 Å². The number of rotatable bonds is 17. The van der Waals surface area contributed by atoms with Gasteiger partial charge in [0.1, 0.15) is 18.9 Å². The molecule has 0 aliphatic heterocycles. The second kappa shape index (κ2) is 15.2. The Hall–Kier alpha value is -2.65. The van der Waals surface area contributed by atoms with E-state index in [-0.39, 0.29) is 18.4 Å². The molecule has 9 nitrogen and oxygen atoms in total. The molecule has 1 unspecified atom stereocenters. The predicted molar refractivity (Wildman–Crippen MR) is 109 cm³/mol. The molecule has 1 aliphatic carbocycles. The molecule has 1 aliphatic rings. The lowest BCUT2D eigenvalue weighted by molar-refractivity contribution is -0.132. The third-order valence-electron chi connectivity index (χ3n) is 4.60. The summed E-state index contributed by atoms with van der Waals surface area (Å²) >= 11 is 0.